The lowest BCUT2D eigenvalue weighted by Crippen LogP contribution is -2.03. The number of nitro groups is 1. The average Bonchev–Trinajstić information content (AvgIpc) is 2.16. The number of halogens is 3. The van der Waals surface area contributed by atoms with Gasteiger partial charge in [0.2, 0.25) is 0 Å². The van der Waals surface area contributed by atoms with Crippen LogP contribution in [0.4, 0.5) is 14.5 Å². The van der Waals surface area contributed by atoms with Gasteiger partial charge in [0.1, 0.15) is 11.8 Å². The number of pyridine rings is 1. The molecule has 0 atom stereocenters. The Morgan fingerprint density at radius 2 is 2.27 bits per heavy atom. The summed E-state index contributed by atoms with van der Waals surface area (Å²) in [5.41, 5.74) is -0.964. The van der Waals surface area contributed by atoms with Crippen LogP contribution in [0.1, 0.15) is 23.2 Å². The SMILES string of the molecule is Cc1c(CCl)ncc([N+](=O)[O-])c1C(F)F. The Balaban J connectivity index is 3.44. The molecule has 0 aliphatic rings. The van der Waals surface area contributed by atoms with E-state index in [9.17, 15) is 18.9 Å². The molecule has 0 saturated heterocycles. The van der Waals surface area contributed by atoms with Crippen molar-refractivity contribution in [1.29, 1.82) is 0 Å². The molecule has 0 unspecified atom stereocenters. The van der Waals surface area contributed by atoms with E-state index in [2.05, 4.69) is 4.98 Å². The lowest BCUT2D eigenvalue weighted by molar-refractivity contribution is -0.386. The van der Waals surface area contributed by atoms with Gasteiger partial charge in [0.05, 0.1) is 16.5 Å². The van der Waals surface area contributed by atoms with E-state index in [4.69, 9.17) is 11.6 Å². The number of hydrogen-bond acceptors (Lipinski definition) is 3. The van der Waals surface area contributed by atoms with Gasteiger partial charge in [-0.1, -0.05) is 0 Å². The molecule has 0 N–H and O–H groups in total. The maximum atomic E-state index is 12.6. The first-order valence-corrected chi connectivity index (χ1v) is 4.49. The van der Waals surface area contributed by atoms with Crippen molar-refractivity contribution in [2.24, 2.45) is 0 Å². The third-order valence-corrected chi connectivity index (χ3v) is 2.25. The van der Waals surface area contributed by atoms with Crippen LogP contribution in [-0.2, 0) is 5.88 Å². The van der Waals surface area contributed by atoms with Gasteiger partial charge in [-0.25, -0.2) is 8.78 Å². The molecule has 0 bridgehead atoms. The zero-order valence-corrected chi connectivity index (χ0v) is 8.46. The smallest absolute Gasteiger partial charge is 0.258 e. The van der Waals surface area contributed by atoms with Gasteiger partial charge < -0.3 is 0 Å². The Morgan fingerprint density at radius 3 is 2.67 bits per heavy atom. The third-order valence-electron chi connectivity index (χ3n) is 2.00. The van der Waals surface area contributed by atoms with Crippen molar-refractivity contribution in [3.63, 3.8) is 0 Å². The molecule has 1 aromatic rings. The van der Waals surface area contributed by atoms with Gasteiger partial charge in [0, 0.05) is 0 Å². The van der Waals surface area contributed by atoms with Crippen LogP contribution in [0, 0.1) is 17.0 Å². The molecule has 0 spiro atoms. The largest absolute Gasteiger partial charge is 0.296 e. The first-order chi connectivity index (χ1) is 6.99. The molecule has 1 aromatic heterocycles. The van der Waals surface area contributed by atoms with Crippen molar-refractivity contribution < 1.29 is 13.7 Å². The molecule has 0 saturated carbocycles. The highest BCUT2D eigenvalue weighted by atomic mass is 35.5. The molecule has 1 rings (SSSR count). The minimum atomic E-state index is -2.91. The summed E-state index contributed by atoms with van der Waals surface area (Å²) in [6, 6.07) is 0. The number of rotatable bonds is 3. The van der Waals surface area contributed by atoms with Gasteiger partial charge in [-0.2, -0.15) is 0 Å². The second-order valence-corrected chi connectivity index (χ2v) is 3.09. The summed E-state index contributed by atoms with van der Waals surface area (Å²) in [5.74, 6) is -0.0520. The molecule has 15 heavy (non-hydrogen) atoms. The van der Waals surface area contributed by atoms with E-state index in [0.29, 0.717) is 0 Å². The van der Waals surface area contributed by atoms with Gasteiger partial charge in [-0.15, -0.1) is 11.6 Å². The van der Waals surface area contributed by atoms with E-state index in [1.165, 1.54) is 6.92 Å². The highest BCUT2D eigenvalue weighted by molar-refractivity contribution is 6.17. The summed E-state index contributed by atoms with van der Waals surface area (Å²) >= 11 is 5.46. The van der Waals surface area contributed by atoms with Gasteiger partial charge in [-0.3, -0.25) is 15.1 Å². The van der Waals surface area contributed by atoms with Crippen molar-refractivity contribution in [3.05, 3.63) is 33.1 Å². The van der Waals surface area contributed by atoms with E-state index >= 15 is 0 Å². The molecule has 1 heterocycles. The number of alkyl halides is 3. The van der Waals surface area contributed by atoms with Crippen LogP contribution in [0.2, 0.25) is 0 Å². The van der Waals surface area contributed by atoms with Crippen LogP contribution in [0.5, 0.6) is 0 Å². The lowest BCUT2D eigenvalue weighted by Gasteiger charge is -2.08. The molecule has 4 nitrogen and oxygen atoms in total. The van der Waals surface area contributed by atoms with E-state index < -0.39 is 22.6 Å². The third kappa shape index (κ3) is 2.20. The molecule has 0 amide bonds. The van der Waals surface area contributed by atoms with E-state index in [1.807, 2.05) is 0 Å². The molecule has 0 radical (unpaired) electrons. The van der Waals surface area contributed by atoms with Gasteiger partial charge in [-0.05, 0) is 12.5 Å². The highest BCUT2D eigenvalue weighted by Crippen LogP contribution is 2.32. The summed E-state index contributed by atoms with van der Waals surface area (Å²) in [4.78, 5) is 13.3. The van der Waals surface area contributed by atoms with Crippen molar-refractivity contribution in [2.45, 2.75) is 19.2 Å². The zero-order valence-electron chi connectivity index (χ0n) is 7.71. The predicted octanol–water partition coefficient (Wildman–Crippen LogP) is 2.97. The Morgan fingerprint density at radius 1 is 1.67 bits per heavy atom. The molecule has 0 aliphatic heterocycles. The van der Waals surface area contributed by atoms with Crippen LogP contribution in [0.25, 0.3) is 0 Å². The van der Waals surface area contributed by atoms with Crippen LogP contribution < -0.4 is 0 Å². The summed E-state index contributed by atoms with van der Waals surface area (Å²) < 4.78 is 25.2. The van der Waals surface area contributed by atoms with Crippen LogP contribution in [0.15, 0.2) is 6.20 Å². The Hall–Kier alpha value is -1.30. The molecule has 0 fully saturated rings. The minimum Gasteiger partial charge on any atom is -0.258 e. The summed E-state index contributed by atoms with van der Waals surface area (Å²) in [7, 11) is 0. The fraction of sp³-hybridized carbons (Fsp3) is 0.375. The number of hydrogen-bond donors (Lipinski definition) is 0. The topological polar surface area (TPSA) is 56.0 Å². The summed E-state index contributed by atoms with van der Waals surface area (Å²) in [5, 5.41) is 10.5. The zero-order chi connectivity index (χ0) is 11.6. The maximum Gasteiger partial charge on any atom is 0.296 e. The fourth-order valence-electron chi connectivity index (χ4n) is 1.21. The molecular formula is C8H7ClF2N2O2. The van der Waals surface area contributed by atoms with Crippen molar-refractivity contribution >= 4 is 17.3 Å². The second-order valence-electron chi connectivity index (χ2n) is 2.82. The standard InChI is InChI=1S/C8H7ClF2N2O2/c1-4-5(2-9)12-3-6(13(14)15)7(4)8(10)11/h3,8H,2H2,1H3. The van der Waals surface area contributed by atoms with Crippen molar-refractivity contribution in [1.82, 2.24) is 4.98 Å². The monoisotopic (exact) mass is 236 g/mol. The molecule has 82 valence electrons. The molecular weight excluding hydrogens is 230 g/mol. The number of aromatic nitrogens is 1. The minimum absolute atomic E-state index is 0.0520. The van der Waals surface area contributed by atoms with E-state index in [0.717, 1.165) is 6.20 Å². The van der Waals surface area contributed by atoms with Gasteiger partial charge >= 0.3 is 0 Å². The van der Waals surface area contributed by atoms with Crippen LogP contribution in [0.3, 0.4) is 0 Å². The Kier molecular flexibility index (Phi) is 3.52. The van der Waals surface area contributed by atoms with E-state index in [-0.39, 0.29) is 17.1 Å². The lowest BCUT2D eigenvalue weighted by atomic mass is 10.1. The first-order valence-electron chi connectivity index (χ1n) is 3.96. The number of nitrogens with zero attached hydrogens (tertiary/aromatic N) is 2. The van der Waals surface area contributed by atoms with Gasteiger partial charge in [0.25, 0.3) is 12.1 Å². The predicted molar refractivity (Wildman–Crippen MR) is 50.1 cm³/mol. The molecule has 0 aliphatic carbocycles. The second kappa shape index (κ2) is 4.48. The highest BCUT2D eigenvalue weighted by Gasteiger charge is 2.26. The summed E-state index contributed by atoms with van der Waals surface area (Å²) in [6.45, 7) is 1.35. The Bertz CT molecular complexity index is 398. The Labute approximate surface area is 89.0 Å². The average molecular weight is 237 g/mol. The fourth-order valence-corrected chi connectivity index (χ4v) is 1.48. The van der Waals surface area contributed by atoms with Crippen LogP contribution >= 0.6 is 11.6 Å². The van der Waals surface area contributed by atoms with Crippen molar-refractivity contribution in [3.8, 4) is 0 Å². The van der Waals surface area contributed by atoms with Gasteiger partial charge in [0.15, 0.2) is 0 Å². The summed E-state index contributed by atoms with van der Waals surface area (Å²) in [6.07, 6.45) is -2.10. The normalized spacial score (nSPS) is 10.7. The maximum absolute atomic E-state index is 12.6. The molecule has 7 heteroatoms. The quantitative estimate of drug-likeness (QED) is 0.461. The van der Waals surface area contributed by atoms with Crippen molar-refractivity contribution in [2.75, 3.05) is 0 Å². The van der Waals surface area contributed by atoms with E-state index in [1.54, 1.807) is 0 Å². The first kappa shape index (κ1) is 11.8. The van der Waals surface area contributed by atoms with Crippen LogP contribution in [-0.4, -0.2) is 9.91 Å². The molecule has 0 aromatic carbocycles.